The monoisotopic (exact) mass is 198 g/mol. The molecule has 2 unspecified atom stereocenters. The Balaban J connectivity index is 2.36. The molecule has 1 fully saturated rings. The number of likely N-dealkylation sites (tertiary alicyclic amines) is 1. The first-order valence-electron chi connectivity index (χ1n) is 5.21. The van der Waals surface area contributed by atoms with Crippen LogP contribution in [0.1, 0.15) is 27.2 Å². The highest BCUT2D eigenvalue weighted by atomic mass is 16.5. The fourth-order valence-electron chi connectivity index (χ4n) is 1.72. The largest absolute Gasteiger partial charge is 0.453 e. The van der Waals surface area contributed by atoms with Gasteiger partial charge in [0.2, 0.25) is 0 Å². The molecule has 80 valence electrons. The van der Waals surface area contributed by atoms with Crippen molar-refractivity contribution in [2.45, 2.75) is 39.3 Å². The van der Waals surface area contributed by atoms with Gasteiger partial charge in [-0.1, -0.05) is 6.58 Å². The topological polar surface area (TPSA) is 30.7 Å². The summed E-state index contributed by atoms with van der Waals surface area (Å²) in [5.74, 6) is -0.250. The van der Waals surface area contributed by atoms with Gasteiger partial charge in [-0.25, -0.2) is 4.79 Å². The highest BCUT2D eigenvalue weighted by Gasteiger charge is 2.30. The first-order valence-corrected chi connectivity index (χ1v) is 5.21. The summed E-state index contributed by atoms with van der Waals surface area (Å²) in [7, 11) is 0. The SMILES string of the molecule is C=C(C)C(=O)OC1CC[NH+](C(C)C)C1. The van der Waals surface area contributed by atoms with Crippen LogP contribution in [0.4, 0.5) is 0 Å². The van der Waals surface area contributed by atoms with Crippen molar-refractivity contribution in [2.24, 2.45) is 0 Å². The molecule has 1 N–H and O–H groups in total. The molecule has 0 aliphatic carbocycles. The molecular weight excluding hydrogens is 178 g/mol. The van der Waals surface area contributed by atoms with E-state index in [1.54, 1.807) is 6.92 Å². The lowest BCUT2D eigenvalue weighted by molar-refractivity contribution is -0.910. The van der Waals surface area contributed by atoms with Crippen LogP contribution >= 0.6 is 0 Å². The van der Waals surface area contributed by atoms with E-state index in [1.165, 1.54) is 4.90 Å². The Kier molecular flexibility index (Phi) is 3.69. The lowest BCUT2D eigenvalue weighted by Crippen LogP contribution is -3.13. The van der Waals surface area contributed by atoms with Crippen molar-refractivity contribution in [2.75, 3.05) is 13.1 Å². The predicted molar refractivity (Wildman–Crippen MR) is 55.1 cm³/mol. The van der Waals surface area contributed by atoms with E-state index in [1.807, 2.05) is 0 Å². The van der Waals surface area contributed by atoms with E-state index < -0.39 is 0 Å². The van der Waals surface area contributed by atoms with Gasteiger partial charge in [0.05, 0.1) is 12.6 Å². The average molecular weight is 198 g/mol. The van der Waals surface area contributed by atoms with Gasteiger partial charge in [-0.05, 0) is 20.8 Å². The molecule has 0 aromatic rings. The zero-order chi connectivity index (χ0) is 10.7. The summed E-state index contributed by atoms with van der Waals surface area (Å²) in [5, 5.41) is 0. The van der Waals surface area contributed by atoms with E-state index in [9.17, 15) is 4.79 Å². The summed E-state index contributed by atoms with van der Waals surface area (Å²) in [6.07, 6.45) is 1.07. The molecule has 0 spiro atoms. The van der Waals surface area contributed by atoms with E-state index in [2.05, 4.69) is 20.4 Å². The van der Waals surface area contributed by atoms with Crippen LogP contribution in [0.5, 0.6) is 0 Å². The third-order valence-corrected chi connectivity index (χ3v) is 2.72. The van der Waals surface area contributed by atoms with Crippen LogP contribution in [0.25, 0.3) is 0 Å². The number of carbonyl (C=O) groups is 1. The van der Waals surface area contributed by atoms with Crippen LogP contribution in [-0.4, -0.2) is 31.2 Å². The van der Waals surface area contributed by atoms with Crippen molar-refractivity contribution in [1.82, 2.24) is 0 Å². The van der Waals surface area contributed by atoms with Gasteiger partial charge in [0.1, 0.15) is 6.54 Å². The fourth-order valence-corrected chi connectivity index (χ4v) is 1.72. The van der Waals surface area contributed by atoms with E-state index in [4.69, 9.17) is 4.74 Å². The molecule has 14 heavy (non-hydrogen) atoms. The summed E-state index contributed by atoms with van der Waals surface area (Å²) in [5.41, 5.74) is 0.489. The van der Waals surface area contributed by atoms with Crippen LogP contribution in [0.15, 0.2) is 12.2 Å². The minimum absolute atomic E-state index is 0.0941. The molecule has 1 heterocycles. The Labute approximate surface area is 85.7 Å². The molecule has 1 saturated heterocycles. The third-order valence-electron chi connectivity index (χ3n) is 2.72. The molecule has 0 radical (unpaired) electrons. The van der Waals surface area contributed by atoms with Crippen LogP contribution in [0, 0.1) is 0 Å². The molecular formula is C11H20NO2+. The van der Waals surface area contributed by atoms with E-state index in [0.717, 1.165) is 19.5 Å². The number of hydrogen-bond donors (Lipinski definition) is 1. The number of hydrogen-bond acceptors (Lipinski definition) is 2. The molecule has 0 amide bonds. The minimum atomic E-state index is -0.250. The maximum Gasteiger partial charge on any atom is 0.333 e. The fraction of sp³-hybridized carbons (Fsp3) is 0.727. The van der Waals surface area contributed by atoms with Crippen LogP contribution in [0.3, 0.4) is 0 Å². The van der Waals surface area contributed by atoms with Crippen molar-refractivity contribution in [3.63, 3.8) is 0 Å². The molecule has 1 aliphatic heterocycles. The Morgan fingerprint density at radius 2 is 2.21 bits per heavy atom. The van der Waals surface area contributed by atoms with Gasteiger partial charge in [0.15, 0.2) is 6.10 Å². The predicted octanol–water partition coefficient (Wildman–Crippen LogP) is 0.171. The number of nitrogens with one attached hydrogen (secondary N) is 1. The molecule has 0 saturated carbocycles. The van der Waals surface area contributed by atoms with Crippen molar-refractivity contribution >= 4 is 5.97 Å². The van der Waals surface area contributed by atoms with Crippen LogP contribution in [-0.2, 0) is 9.53 Å². The molecule has 2 atom stereocenters. The number of rotatable bonds is 3. The van der Waals surface area contributed by atoms with Gasteiger partial charge >= 0.3 is 5.97 Å². The molecule has 1 aliphatic rings. The summed E-state index contributed by atoms with van der Waals surface area (Å²) >= 11 is 0. The first-order chi connectivity index (χ1) is 6.50. The number of ether oxygens (including phenoxy) is 1. The van der Waals surface area contributed by atoms with Crippen LogP contribution in [0.2, 0.25) is 0 Å². The lowest BCUT2D eigenvalue weighted by atomic mass is 10.3. The number of carbonyl (C=O) groups excluding carboxylic acids is 1. The smallest absolute Gasteiger partial charge is 0.333 e. The normalized spacial score (nSPS) is 26.6. The lowest BCUT2D eigenvalue weighted by Gasteiger charge is -2.17. The zero-order valence-electron chi connectivity index (χ0n) is 9.30. The molecule has 3 nitrogen and oxygen atoms in total. The van der Waals surface area contributed by atoms with Crippen molar-refractivity contribution in [3.05, 3.63) is 12.2 Å². The van der Waals surface area contributed by atoms with Crippen LogP contribution < -0.4 is 4.90 Å². The Bertz CT molecular complexity index is 235. The van der Waals surface area contributed by atoms with Crippen molar-refractivity contribution in [3.8, 4) is 0 Å². The molecule has 1 rings (SSSR count). The summed E-state index contributed by atoms with van der Waals surface area (Å²) < 4.78 is 5.29. The second kappa shape index (κ2) is 4.60. The molecule has 0 aromatic heterocycles. The average Bonchev–Trinajstić information content (AvgIpc) is 2.52. The zero-order valence-corrected chi connectivity index (χ0v) is 9.30. The maximum absolute atomic E-state index is 11.2. The summed E-state index contributed by atoms with van der Waals surface area (Å²) in [6.45, 7) is 11.7. The molecule has 0 aromatic carbocycles. The highest BCUT2D eigenvalue weighted by molar-refractivity contribution is 5.87. The van der Waals surface area contributed by atoms with Crippen molar-refractivity contribution < 1.29 is 14.4 Å². The molecule has 0 bridgehead atoms. The van der Waals surface area contributed by atoms with Gasteiger partial charge in [-0.15, -0.1) is 0 Å². The second-order valence-corrected chi connectivity index (χ2v) is 4.36. The van der Waals surface area contributed by atoms with Gasteiger partial charge in [0, 0.05) is 12.0 Å². The quantitative estimate of drug-likeness (QED) is 0.518. The molecule has 3 heteroatoms. The Morgan fingerprint density at radius 3 is 2.64 bits per heavy atom. The summed E-state index contributed by atoms with van der Waals surface area (Å²) in [6, 6.07) is 0.614. The number of quaternary nitrogens is 1. The summed E-state index contributed by atoms with van der Waals surface area (Å²) in [4.78, 5) is 12.8. The van der Waals surface area contributed by atoms with Gasteiger partial charge in [-0.2, -0.15) is 0 Å². The first kappa shape index (κ1) is 11.2. The standard InChI is InChI=1S/C11H19NO2/c1-8(2)11(13)14-10-5-6-12(7-10)9(3)4/h9-10H,1,5-7H2,2-4H3/p+1. The van der Waals surface area contributed by atoms with E-state index >= 15 is 0 Å². The van der Waals surface area contributed by atoms with E-state index in [0.29, 0.717) is 11.6 Å². The van der Waals surface area contributed by atoms with Gasteiger partial charge < -0.3 is 9.64 Å². The van der Waals surface area contributed by atoms with Crippen molar-refractivity contribution in [1.29, 1.82) is 0 Å². The minimum Gasteiger partial charge on any atom is -0.453 e. The van der Waals surface area contributed by atoms with Gasteiger partial charge in [-0.3, -0.25) is 0 Å². The number of esters is 1. The van der Waals surface area contributed by atoms with E-state index in [-0.39, 0.29) is 12.1 Å². The third kappa shape index (κ3) is 2.84. The Hall–Kier alpha value is -0.830. The highest BCUT2D eigenvalue weighted by Crippen LogP contribution is 2.04. The maximum atomic E-state index is 11.2. The Morgan fingerprint density at radius 1 is 1.57 bits per heavy atom. The van der Waals surface area contributed by atoms with Gasteiger partial charge in [0.25, 0.3) is 0 Å². The second-order valence-electron chi connectivity index (χ2n) is 4.36.